The van der Waals surface area contributed by atoms with Gasteiger partial charge in [-0.05, 0) is 52.1 Å². The minimum Gasteiger partial charge on any atom is -0.464 e. The van der Waals surface area contributed by atoms with Crippen molar-refractivity contribution in [2.75, 3.05) is 26.3 Å². The molecule has 0 amide bonds. The van der Waals surface area contributed by atoms with Gasteiger partial charge in [0.25, 0.3) is 0 Å². The summed E-state index contributed by atoms with van der Waals surface area (Å²) in [6.07, 6.45) is 1.85. The summed E-state index contributed by atoms with van der Waals surface area (Å²) in [5, 5.41) is 5.98. The van der Waals surface area contributed by atoms with Crippen LogP contribution in [0, 0.1) is 0 Å². The van der Waals surface area contributed by atoms with Gasteiger partial charge >= 0.3 is 5.97 Å². The molecule has 6 heteroatoms. The molecule has 204 valence electrons. The fourth-order valence-corrected chi connectivity index (χ4v) is 5.00. The number of nitrogens with one attached hydrogen (secondary N) is 1. The van der Waals surface area contributed by atoms with E-state index in [0.29, 0.717) is 32.2 Å². The zero-order valence-corrected chi connectivity index (χ0v) is 22.9. The van der Waals surface area contributed by atoms with Gasteiger partial charge < -0.3 is 19.5 Å². The van der Waals surface area contributed by atoms with Crippen LogP contribution in [0.4, 0.5) is 0 Å². The zero-order chi connectivity index (χ0) is 26.0. The second kappa shape index (κ2) is 14.8. The predicted molar refractivity (Wildman–Crippen MR) is 157 cm³/mol. The lowest BCUT2D eigenvalue weighted by atomic mass is 9.87. The van der Waals surface area contributed by atoms with Crippen LogP contribution in [0.1, 0.15) is 34.6 Å². The van der Waals surface area contributed by atoms with Gasteiger partial charge in [0.15, 0.2) is 0 Å². The summed E-state index contributed by atoms with van der Waals surface area (Å²) in [7, 11) is 0. The van der Waals surface area contributed by atoms with E-state index in [0.717, 1.165) is 30.6 Å². The quantitative estimate of drug-likeness (QED) is 0.227. The van der Waals surface area contributed by atoms with Gasteiger partial charge in [-0.3, -0.25) is 0 Å². The summed E-state index contributed by atoms with van der Waals surface area (Å²) in [5.41, 5.74) is 4.68. The van der Waals surface area contributed by atoms with Crippen molar-refractivity contribution in [1.82, 2.24) is 5.32 Å². The molecule has 5 nitrogen and oxygen atoms in total. The van der Waals surface area contributed by atoms with Gasteiger partial charge in [-0.2, -0.15) is 0 Å². The largest absolute Gasteiger partial charge is 0.464 e. The number of benzene rings is 4. The summed E-state index contributed by atoms with van der Waals surface area (Å²) < 4.78 is 17.2. The third kappa shape index (κ3) is 8.38. The average Bonchev–Trinajstić information content (AvgIpc) is 2.97. The highest BCUT2D eigenvalue weighted by molar-refractivity contribution is 5.85. The van der Waals surface area contributed by atoms with Crippen molar-refractivity contribution in [3.8, 4) is 0 Å². The second-order valence-corrected chi connectivity index (χ2v) is 9.82. The number of esters is 1. The molecule has 1 aliphatic heterocycles. The first-order chi connectivity index (χ1) is 18.7. The van der Waals surface area contributed by atoms with Crippen LogP contribution >= 0.6 is 12.4 Å². The number of fused-ring (bicyclic) bond motifs is 1. The maximum absolute atomic E-state index is 12.0. The number of carbonyl (C=O) groups excluding carboxylic acids is 1. The molecule has 39 heavy (non-hydrogen) atoms. The Labute approximate surface area is 236 Å². The van der Waals surface area contributed by atoms with Gasteiger partial charge in [-0.15, -0.1) is 12.4 Å². The standard InChI is InChI=1S/C33H35NO4.ClH/c35-33(24-36-22-26-6-2-1-3-7-26)37-19-17-25-10-14-29(15-11-25)31-16-18-34-21-32(31)38-23-27-12-13-28-8-4-5-9-30(28)20-27;/h1-15,20,31-32,34H,16-19,21-24H2;1H. The molecule has 0 bridgehead atoms. The Balaban J connectivity index is 0.00000353. The molecule has 1 heterocycles. The van der Waals surface area contributed by atoms with Crippen molar-refractivity contribution in [3.63, 3.8) is 0 Å². The molecule has 0 spiro atoms. The Kier molecular flexibility index (Phi) is 10.9. The highest BCUT2D eigenvalue weighted by atomic mass is 35.5. The lowest BCUT2D eigenvalue weighted by Crippen LogP contribution is -2.40. The molecule has 4 aromatic rings. The van der Waals surface area contributed by atoms with Crippen LogP contribution in [0.2, 0.25) is 0 Å². The topological polar surface area (TPSA) is 56.8 Å². The summed E-state index contributed by atoms with van der Waals surface area (Å²) in [6, 6.07) is 33.4. The van der Waals surface area contributed by atoms with Crippen LogP contribution in [0.15, 0.2) is 97.1 Å². The highest BCUT2D eigenvalue weighted by Crippen LogP contribution is 2.29. The molecule has 1 aliphatic rings. The van der Waals surface area contributed by atoms with Crippen LogP contribution in [-0.4, -0.2) is 38.4 Å². The van der Waals surface area contributed by atoms with E-state index in [9.17, 15) is 4.79 Å². The molecule has 1 saturated heterocycles. The number of halogens is 1. The van der Waals surface area contributed by atoms with Crippen LogP contribution in [-0.2, 0) is 38.6 Å². The van der Waals surface area contributed by atoms with Crippen LogP contribution in [0.25, 0.3) is 10.8 Å². The van der Waals surface area contributed by atoms with Crippen molar-refractivity contribution in [2.24, 2.45) is 0 Å². The van der Waals surface area contributed by atoms with Crippen LogP contribution < -0.4 is 5.32 Å². The molecule has 1 N–H and O–H groups in total. The summed E-state index contributed by atoms with van der Waals surface area (Å²) in [5.74, 6) is 0.0176. The molecule has 2 unspecified atom stereocenters. The summed E-state index contributed by atoms with van der Waals surface area (Å²) >= 11 is 0. The molecule has 2 atom stereocenters. The first-order valence-corrected chi connectivity index (χ1v) is 13.4. The van der Waals surface area contributed by atoms with E-state index in [2.05, 4.69) is 72.0 Å². The summed E-state index contributed by atoms with van der Waals surface area (Å²) in [4.78, 5) is 12.0. The number of rotatable bonds is 11. The smallest absolute Gasteiger partial charge is 0.332 e. The van der Waals surface area contributed by atoms with E-state index >= 15 is 0 Å². The Bertz CT molecular complexity index is 1310. The maximum atomic E-state index is 12.0. The molecule has 5 rings (SSSR count). The van der Waals surface area contributed by atoms with Gasteiger partial charge in [0.05, 0.1) is 25.9 Å². The number of carbonyl (C=O) groups is 1. The maximum Gasteiger partial charge on any atom is 0.332 e. The minimum absolute atomic E-state index is 0. The molecule has 0 aromatic heterocycles. The highest BCUT2D eigenvalue weighted by Gasteiger charge is 2.27. The van der Waals surface area contributed by atoms with Gasteiger partial charge in [0, 0.05) is 18.9 Å². The first-order valence-electron chi connectivity index (χ1n) is 13.4. The molecule has 4 aromatic carbocycles. The van der Waals surface area contributed by atoms with E-state index in [1.807, 2.05) is 30.3 Å². The number of hydrogen-bond acceptors (Lipinski definition) is 5. The molecule has 0 radical (unpaired) electrons. The second-order valence-electron chi connectivity index (χ2n) is 9.82. The molecule has 0 saturated carbocycles. The Morgan fingerprint density at radius 1 is 0.795 bits per heavy atom. The SMILES string of the molecule is Cl.O=C(COCc1ccccc1)OCCc1ccc(C2CCNCC2OCc2ccc3ccccc3c2)cc1. The van der Waals surface area contributed by atoms with Crippen molar-refractivity contribution in [1.29, 1.82) is 0 Å². The third-order valence-corrected chi connectivity index (χ3v) is 7.10. The van der Waals surface area contributed by atoms with E-state index < -0.39 is 0 Å². The zero-order valence-electron chi connectivity index (χ0n) is 22.1. The van der Waals surface area contributed by atoms with Crippen LogP contribution in [0.5, 0.6) is 0 Å². The van der Waals surface area contributed by atoms with Gasteiger partial charge in [0.1, 0.15) is 6.61 Å². The first kappa shape index (κ1) is 28.8. The van der Waals surface area contributed by atoms with Gasteiger partial charge in [-0.25, -0.2) is 4.79 Å². The Morgan fingerprint density at radius 3 is 2.36 bits per heavy atom. The van der Waals surface area contributed by atoms with Crippen molar-refractivity contribution in [2.45, 2.75) is 38.1 Å². The van der Waals surface area contributed by atoms with Crippen LogP contribution in [0.3, 0.4) is 0 Å². The van der Waals surface area contributed by atoms with E-state index in [4.69, 9.17) is 14.2 Å². The van der Waals surface area contributed by atoms with Crippen molar-refractivity contribution in [3.05, 3.63) is 119 Å². The molecule has 1 fully saturated rings. The van der Waals surface area contributed by atoms with Gasteiger partial charge in [-0.1, -0.05) is 91.0 Å². The minimum atomic E-state index is -0.335. The fraction of sp³-hybridized carbons (Fsp3) is 0.303. The Hall–Kier alpha value is -3.22. The number of hydrogen-bond donors (Lipinski definition) is 1. The van der Waals surface area contributed by atoms with Crippen molar-refractivity contribution < 1.29 is 19.0 Å². The molecular weight excluding hydrogens is 510 g/mol. The fourth-order valence-electron chi connectivity index (χ4n) is 5.00. The number of ether oxygens (including phenoxy) is 3. The third-order valence-electron chi connectivity index (χ3n) is 7.10. The van der Waals surface area contributed by atoms with Gasteiger partial charge in [0.2, 0.25) is 0 Å². The molecular formula is C33H36ClNO4. The van der Waals surface area contributed by atoms with E-state index in [-0.39, 0.29) is 31.1 Å². The predicted octanol–water partition coefficient (Wildman–Crippen LogP) is 6.23. The monoisotopic (exact) mass is 545 g/mol. The summed E-state index contributed by atoms with van der Waals surface area (Å²) in [6.45, 7) is 3.15. The van der Waals surface area contributed by atoms with E-state index in [1.165, 1.54) is 21.9 Å². The lowest BCUT2D eigenvalue weighted by molar-refractivity contribution is -0.149. The number of piperidine rings is 1. The molecule has 0 aliphatic carbocycles. The Morgan fingerprint density at radius 2 is 1.54 bits per heavy atom. The van der Waals surface area contributed by atoms with E-state index in [1.54, 1.807) is 0 Å². The van der Waals surface area contributed by atoms with Crippen molar-refractivity contribution >= 4 is 29.1 Å². The average molecular weight is 546 g/mol. The lowest BCUT2D eigenvalue weighted by Gasteiger charge is -2.32. The normalized spacial score (nSPS) is 16.9.